The summed E-state index contributed by atoms with van der Waals surface area (Å²) in [5.74, 6) is -7.45. The van der Waals surface area contributed by atoms with E-state index >= 15 is 24.0 Å². The molecule has 12 bridgehead atoms. The molecule has 32 heteroatoms. The number of carbonyl (C=O) groups excluding carboxylic acids is 9. The summed E-state index contributed by atoms with van der Waals surface area (Å²) < 4.78 is 15.5. The summed E-state index contributed by atoms with van der Waals surface area (Å²) in [7, 11) is 4.72. The van der Waals surface area contributed by atoms with E-state index < -0.39 is 148 Å². The number of nitrogens with one attached hydrogen (secondary N) is 8. The monoisotopic (exact) mass is 1600 g/mol. The van der Waals surface area contributed by atoms with Crippen LogP contribution in [0.3, 0.4) is 0 Å². The topological polar surface area (TPSA) is 414 Å². The standard InChI is InChI=1S/C85H105N17O15/c1-49(86-9)74(105)92-72(84(3,4)5)81(112)99-45-61-41-69(99)78(109)88-65(39-53-22-28-55-17-12-14-19-57(55)35-53)76(107)90-67(80(111)98(11)34-16-21-71(103)104)37-51-24-30-63(31-25-51)116-47-59-43-102(96-94-59)62-42-70(100(46-62)82(113)73(85(6,7)8)93-75(106)50(2)87-10)79(110)89-66(40-54-23-29-56-18-13-15-20-58(56)36-54)77(108)91-68(83(114)115)38-52-26-32-64(33-27-52)117-48-60-44-101(61)97-95-60/h12-15,17-20,22-33,35-36,43-44,49-50,61-62,65-70,72-73,86-87H,16,21,34,37-42,45-48H2,1-11H3,(H,88,109)(H,89,110)(H,90,107)(H,91,108)(H,92,105)(H,93,106)(H,103,104)(H,114,115)/t49-,50-,61-,62-,65-,66-,67-,68-,69-,70-,72+,73+/m0/s1. The molecule has 0 radical (unpaired) electrons. The maximum absolute atomic E-state index is 15.6. The molecule has 6 aliphatic rings. The molecule has 117 heavy (non-hydrogen) atoms. The van der Waals surface area contributed by atoms with Crippen molar-refractivity contribution in [1.82, 2.24) is 87.2 Å². The van der Waals surface area contributed by atoms with Crippen molar-refractivity contribution >= 4 is 86.6 Å². The fourth-order valence-corrected chi connectivity index (χ4v) is 14.7. The summed E-state index contributed by atoms with van der Waals surface area (Å²) in [6, 6.07) is 26.2. The first-order valence-electron chi connectivity index (χ1n) is 39.4. The van der Waals surface area contributed by atoms with E-state index in [4.69, 9.17) is 9.47 Å². The molecule has 0 spiro atoms. The van der Waals surface area contributed by atoms with Crippen molar-refractivity contribution in [1.29, 1.82) is 0 Å². The fraction of sp³-hybridized carbons (Fsp3) is 0.447. The van der Waals surface area contributed by atoms with Gasteiger partial charge in [-0.15, -0.1) is 10.2 Å². The molecule has 2 aromatic heterocycles. The van der Waals surface area contributed by atoms with Crippen molar-refractivity contribution in [3.63, 3.8) is 0 Å². The van der Waals surface area contributed by atoms with Gasteiger partial charge in [-0.25, -0.2) is 14.2 Å². The smallest absolute Gasteiger partial charge is 0.326 e. The van der Waals surface area contributed by atoms with Gasteiger partial charge in [0.25, 0.3) is 0 Å². The average Bonchev–Trinajstić information content (AvgIpc) is 1.65. The van der Waals surface area contributed by atoms with Gasteiger partial charge in [0.05, 0.1) is 36.6 Å². The lowest BCUT2D eigenvalue weighted by molar-refractivity contribution is -0.145. The van der Waals surface area contributed by atoms with Crippen LogP contribution in [-0.4, -0.2) is 221 Å². The first-order chi connectivity index (χ1) is 55.7. The largest absolute Gasteiger partial charge is 0.487 e. The molecule has 6 aliphatic heterocycles. The third-order valence-corrected chi connectivity index (χ3v) is 21.8. The maximum Gasteiger partial charge on any atom is 0.326 e. The molecule has 8 heterocycles. The highest BCUT2D eigenvalue weighted by atomic mass is 16.5. The van der Waals surface area contributed by atoms with Crippen molar-refractivity contribution < 1.29 is 72.4 Å². The third-order valence-electron chi connectivity index (χ3n) is 21.8. The Labute approximate surface area is 678 Å². The van der Waals surface area contributed by atoms with Gasteiger partial charge >= 0.3 is 11.9 Å². The van der Waals surface area contributed by atoms with E-state index in [1.165, 1.54) is 31.1 Å². The highest BCUT2D eigenvalue weighted by Gasteiger charge is 2.49. The van der Waals surface area contributed by atoms with E-state index in [9.17, 15) is 39.0 Å². The van der Waals surface area contributed by atoms with Gasteiger partial charge in [0.2, 0.25) is 53.2 Å². The maximum atomic E-state index is 15.6. The Morgan fingerprint density at radius 1 is 0.538 bits per heavy atom. The molecular formula is C85H105N17O15. The fourth-order valence-electron chi connectivity index (χ4n) is 14.7. The third kappa shape index (κ3) is 21.9. The van der Waals surface area contributed by atoms with E-state index in [-0.39, 0.29) is 84.2 Å². The van der Waals surface area contributed by atoms with Crippen molar-refractivity contribution in [2.45, 2.75) is 192 Å². The van der Waals surface area contributed by atoms with Crippen LogP contribution in [0.15, 0.2) is 146 Å². The first-order valence-corrected chi connectivity index (χ1v) is 39.4. The number of hydrogen-bond donors (Lipinski definition) is 10. The van der Waals surface area contributed by atoms with Crippen LogP contribution in [0.25, 0.3) is 21.5 Å². The number of fused-ring (bicyclic) bond motifs is 2. The lowest BCUT2D eigenvalue weighted by Crippen LogP contribution is -2.61. The Bertz CT molecular complexity index is 4940. The van der Waals surface area contributed by atoms with Crippen molar-refractivity contribution in [2.24, 2.45) is 10.8 Å². The molecule has 10 N–H and O–H groups in total. The van der Waals surface area contributed by atoms with E-state index in [0.717, 1.165) is 21.5 Å². The number of amides is 9. The summed E-state index contributed by atoms with van der Waals surface area (Å²) in [6.45, 7) is 13.5. The number of likely N-dealkylation sites (tertiary alicyclic amines) is 2. The summed E-state index contributed by atoms with van der Waals surface area (Å²) >= 11 is 0. The van der Waals surface area contributed by atoms with Gasteiger partial charge < -0.3 is 76.9 Å². The number of carboxylic acid groups (broad SMARTS) is 2. The van der Waals surface area contributed by atoms with Gasteiger partial charge in [0.1, 0.15) is 84.4 Å². The number of nitrogens with zero attached hydrogens (tertiary/aromatic N) is 9. The normalized spacial score (nSPS) is 21.0. The highest BCUT2D eigenvalue weighted by Crippen LogP contribution is 2.35. The van der Waals surface area contributed by atoms with Crippen LogP contribution in [-0.2, 0) is 91.6 Å². The second kappa shape index (κ2) is 37.6. The van der Waals surface area contributed by atoms with E-state index in [1.807, 2.05) is 84.9 Å². The molecule has 8 aromatic rings. The molecule has 12 atom stereocenters. The van der Waals surface area contributed by atoms with Crippen LogP contribution in [0.1, 0.15) is 127 Å². The van der Waals surface area contributed by atoms with Gasteiger partial charge in [-0.2, -0.15) is 0 Å². The quantitative estimate of drug-likeness (QED) is 0.0564. The molecule has 0 aliphatic carbocycles. The highest BCUT2D eigenvalue weighted by molar-refractivity contribution is 5.99. The summed E-state index contributed by atoms with van der Waals surface area (Å²) in [5.41, 5.74) is 1.19. The second-order valence-electron chi connectivity index (χ2n) is 32.7. The SMILES string of the molecule is CN[C@@H](C)C(=O)N[C@H](C(=O)N1C[C@@H]2C[C@H]1C(=O)N[C@@H](Cc1ccc3ccccc3c1)C(=O)N[C@H](C(=O)O)Cc1ccc(cc1)OCc1cn(nn1)[C@H]1C[C@@H](C(=O)N[C@@H](Cc3ccc4ccccc4c3)C(=O)N[C@H](C(=O)N(C)CCCC(=O)O)Cc3ccc(cc3)OCc3cn2nn3)N(C(=O)[C@@H](NC(=O)[C@H](C)NC)C(C)(C)C)C1)C(C)(C)C. The Morgan fingerprint density at radius 2 is 0.940 bits per heavy atom. The molecule has 14 rings (SSSR count). The van der Waals surface area contributed by atoms with Crippen molar-refractivity contribution in [3.05, 3.63) is 179 Å². The summed E-state index contributed by atoms with van der Waals surface area (Å²) in [4.78, 5) is 163. The van der Waals surface area contributed by atoms with Gasteiger partial charge in [0.15, 0.2) is 0 Å². The van der Waals surface area contributed by atoms with E-state index in [0.29, 0.717) is 45.1 Å². The number of hydrogen-bond acceptors (Lipinski definition) is 19. The molecule has 0 unspecified atom stereocenters. The van der Waals surface area contributed by atoms with Crippen LogP contribution >= 0.6 is 0 Å². The van der Waals surface area contributed by atoms with Crippen LogP contribution in [0.2, 0.25) is 0 Å². The molecule has 620 valence electrons. The zero-order valence-corrected chi connectivity index (χ0v) is 67.7. The van der Waals surface area contributed by atoms with Crippen LogP contribution in [0, 0.1) is 10.8 Å². The molecule has 2 fully saturated rings. The molecule has 0 saturated carbocycles. The molecule has 9 amide bonds. The Morgan fingerprint density at radius 3 is 1.33 bits per heavy atom. The number of benzene rings is 6. The molecule has 32 nitrogen and oxygen atoms in total. The summed E-state index contributed by atoms with van der Waals surface area (Å²) in [5, 5.41) is 64.9. The average molecular weight is 1600 g/mol. The van der Waals surface area contributed by atoms with E-state index in [1.54, 1.807) is 130 Å². The van der Waals surface area contributed by atoms with Crippen LogP contribution in [0.4, 0.5) is 0 Å². The zero-order chi connectivity index (χ0) is 84.2. The number of ether oxygens (including phenoxy) is 2. The minimum absolute atomic E-state index is 0.0174. The minimum Gasteiger partial charge on any atom is -0.487 e. The van der Waals surface area contributed by atoms with Crippen LogP contribution < -0.4 is 52.0 Å². The van der Waals surface area contributed by atoms with Gasteiger partial charge in [-0.1, -0.05) is 161 Å². The molecular weight excluding hydrogens is 1500 g/mol. The number of carbonyl (C=O) groups is 11. The van der Waals surface area contributed by atoms with Crippen molar-refractivity contribution in [3.8, 4) is 11.5 Å². The van der Waals surface area contributed by atoms with Gasteiger partial charge in [0, 0.05) is 71.6 Å². The number of rotatable bonds is 18. The lowest BCUT2D eigenvalue weighted by atomic mass is 9.85. The predicted molar refractivity (Wildman–Crippen MR) is 432 cm³/mol. The van der Waals surface area contributed by atoms with Crippen molar-refractivity contribution in [2.75, 3.05) is 40.8 Å². The zero-order valence-electron chi connectivity index (χ0n) is 67.7. The number of carboxylic acids is 2. The first kappa shape index (κ1) is 85.7. The lowest BCUT2D eigenvalue weighted by Gasteiger charge is -2.36. The van der Waals surface area contributed by atoms with Crippen LogP contribution in [0.5, 0.6) is 11.5 Å². The van der Waals surface area contributed by atoms with Gasteiger partial charge in [-0.05, 0) is 113 Å². The summed E-state index contributed by atoms with van der Waals surface area (Å²) in [6.07, 6.45) is 2.48. The number of aromatic nitrogens is 6. The van der Waals surface area contributed by atoms with Gasteiger partial charge in [-0.3, -0.25) is 47.9 Å². The molecule has 2 saturated heterocycles. The minimum atomic E-state index is -1.53. The number of aliphatic carboxylic acids is 2. The Balaban J connectivity index is 0.948. The Hall–Kier alpha value is -12.2. The molecule has 6 aromatic carbocycles. The Kier molecular flexibility index (Phi) is 27.5. The van der Waals surface area contributed by atoms with E-state index in [2.05, 4.69) is 63.2 Å². The number of likely N-dealkylation sites (N-methyl/N-ethyl adjacent to an activating group) is 3. The predicted octanol–water partition coefficient (Wildman–Crippen LogP) is 4.53. The second-order valence-corrected chi connectivity index (χ2v) is 32.7.